The quantitative estimate of drug-likeness (QED) is 0.0220. The van der Waals surface area contributed by atoms with E-state index in [0.29, 0.717) is 43.1 Å². The minimum absolute atomic E-state index is 0.0509. The molecular weight excluding hydrogens is 1040 g/mol. The van der Waals surface area contributed by atoms with Gasteiger partial charge in [-0.3, -0.25) is 27.8 Å². The van der Waals surface area contributed by atoms with Gasteiger partial charge in [0.2, 0.25) is 32.8 Å². The Kier molecular flexibility index (Phi) is 23.4. The number of rotatable bonds is 10. The first-order chi connectivity index (χ1) is 36.0. The smallest absolute Gasteiger partial charge is 0.290 e. The molecule has 410 valence electrons. The Balaban J connectivity index is 0.000000261. The second kappa shape index (κ2) is 28.6. The van der Waals surface area contributed by atoms with Crippen LogP contribution in [0.25, 0.3) is 44.6 Å². The summed E-state index contributed by atoms with van der Waals surface area (Å²) in [6.07, 6.45) is 1.75. The number of aldehydes is 1. The van der Waals surface area contributed by atoms with Gasteiger partial charge >= 0.3 is 0 Å². The Morgan fingerprint density at radius 3 is 1.30 bits per heavy atom. The summed E-state index contributed by atoms with van der Waals surface area (Å²) in [5.74, 6) is -0.364. The Hall–Kier alpha value is -8.22. The number of aromatic hydroxyl groups is 3. The van der Waals surface area contributed by atoms with E-state index in [1.165, 1.54) is 13.0 Å². The number of phenols is 1. The third-order valence-electron chi connectivity index (χ3n) is 10.3. The van der Waals surface area contributed by atoms with Gasteiger partial charge in [0.05, 0.1) is 58.0 Å². The van der Waals surface area contributed by atoms with Gasteiger partial charge in [0.15, 0.2) is 17.3 Å². The van der Waals surface area contributed by atoms with Crippen molar-refractivity contribution in [3.05, 3.63) is 177 Å². The van der Waals surface area contributed by atoms with Crippen LogP contribution in [0.2, 0.25) is 0 Å². The van der Waals surface area contributed by atoms with Crippen molar-refractivity contribution in [3.63, 3.8) is 0 Å². The second-order valence-electron chi connectivity index (χ2n) is 17.4. The number of para-hydroxylation sites is 3. The van der Waals surface area contributed by atoms with Crippen molar-refractivity contribution in [2.24, 2.45) is 0 Å². The summed E-state index contributed by atoms with van der Waals surface area (Å²) in [5.41, 5.74) is 5.80. The van der Waals surface area contributed by atoms with Crippen LogP contribution in [0.4, 0.5) is 17.1 Å². The van der Waals surface area contributed by atoms with E-state index in [1.54, 1.807) is 66.7 Å². The zero-order chi connectivity index (χ0) is 57.8. The Morgan fingerprint density at radius 2 is 0.987 bits per heavy atom. The van der Waals surface area contributed by atoms with Crippen LogP contribution in [0, 0.1) is 0 Å². The molecule has 20 nitrogen and oxygen atoms in total. The lowest BCUT2D eigenvalue weighted by Gasteiger charge is -2.23. The van der Waals surface area contributed by atoms with Gasteiger partial charge in [-0.15, -0.1) is 4.33 Å². The molecule has 3 N–H and O–H groups in total. The number of Topliss-reactive ketones (excluding diaryl/α,β-unsaturated/α-hetero) is 1. The Bertz CT molecular complexity index is 3580. The lowest BCUT2D eigenvalue weighted by molar-refractivity contribution is -0.171. The number of phenolic OH excluding ortho intramolecular Hbond substituents is 1. The first-order valence-corrected chi connectivity index (χ1v) is 25.8. The molecule has 0 aliphatic carbocycles. The molecule has 0 radical (unpaired) electrons. The largest absolute Gasteiger partial charge is 0.726 e. The molecule has 0 atom stereocenters. The number of benzene rings is 6. The fraction of sp³-hybridized carbons (Fsp3) is 0.200. The predicted molar refractivity (Wildman–Crippen MR) is 297 cm³/mol. The molecule has 0 spiro atoms. The third kappa shape index (κ3) is 19.8. The number of nitrogens with zero attached hydrogens (tertiary/aromatic N) is 3. The van der Waals surface area contributed by atoms with E-state index in [4.69, 9.17) is 13.9 Å². The van der Waals surface area contributed by atoms with Crippen molar-refractivity contribution in [2.75, 3.05) is 79.6 Å². The van der Waals surface area contributed by atoms with Crippen molar-refractivity contribution in [1.29, 1.82) is 0 Å². The molecule has 0 saturated heterocycles. The van der Waals surface area contributed by atoms with Crippen LogP contribution in [-0.2, 0) is 33.9 Å². The molecule has 22 heteroatoms. The first kappa shape index (κ1) is 63.1. The van der Waals surface area contributed by atoms with Crippen molar-refractivity contribution < 1.29 is 68.5 Å². The molecule has 6 aromatic carbocycles. The minimum atomic E-state index is -4.41. The predicted octanol–water partition coefficient (Wildman–Crippen LogP) is 8.37. The number of hydrogen-bond acceptors (Lipinski definition) is 19. The SMILES string of the molecule is CC(=O)c1ccccc1O.CN(C)c1ccc(-c2oc3ccccc3c(=O)c2O)cc1.CN(C)c1ccc(C=O)cc1.COOS(C)(=O)=O.COS(=O)(=O)[O-].C[N+](C)(C)c1ccc(-c2oc3ccccc3c(=O)c2O)cc1. The van der Waals surface area contributed by atoms with Gasteiger partial charge in [-0.1, -0.05) is 36.4 Å². The molecule has 0 fully saturated rings. The van der Waals surface area contributed by atoms with Gasteiger partial charge in [0, 0.05) is 56.3 Å². The highest BCUT2D eigenvalue weighted by atomic mass is 32.3. The second-order valence-corrected chi connectivity index (χ2v) is 20.1. The summed E-state index contributed by atoms with van der Waals surface area (Å²) in [7, 11) is 8.17. The van der Waals surface area contributed by atoms with E-state index in [-0.39, 0.29) is 34.6 Å². The van der Waals surface area contributed by atoms with Crippen LogP contribution in [0.5, 0.6) is 17.2 Å². The maximum absolute atomic E-state index is 12.2. The van der Waals surface area contributed by atoms with Crippen LogP contribution in [0.1, 0.15) is 27.6 Å². The topological polar surface area (TPSA) is 281 Å². The summed E-state index contributed by atoms with van der Waals surface area (Å²) in [6, 6.07) is 42.8. The van der Waals surface area contributed by atoms with Crippen molar-refractivity contribution in [1.82, 2.24) is 4.48 Å². The molecule has 0 amide bonds. The maximum atomic E-state index is 12.2. The standard InChI is InChI=1S/C18H17NO3.C17H15NO3.C9H11NO.C8H8O2.C2H6O4S.CH4O4S/c1-19(2,3)13-10-8-12(9-11-13)18-17(21)16(20)14-6-4-5-7-15(14)22-18;1-18(2)12-9-7-11(8-10-12)17-16(20)15(19)13-5-3-4-6-14(13)21-17;1-10(2)9-5-3-8(7-11)4-6-9;1-6(9)7-4-2-3-5-8(7)10;1-5-6-7(2,3)4;1-5-6(2,3)4/h4-11H,1-3H3;3-10,20H,1-2H3;3-7H,1-2H3;2-5,10H,1H3;1-2H3;1H3,(H,2,3,4). The van der Waals surface area contributed by atoms with E-state index >= 15 is 0 Å². The lowest BCUT2D eigenvalue weighted by atomic mass is 10.1. The van der Waals surface area contributed by atoms with E-state index in [9.17, 15) is 50.8 Å². The van der Waals surface area contributed by atoms with Gasteiger partial charge in [-0.2, -0.15) is 8.42 Å². The van der Waals surface area contributed by atoms with E-state index in [1.807, 2.05) is 111 Å². The minimum Gasteiger partial charge on any atom is -0.726 e. The highest BCUT2D eigenvalue weighted by Crippen LogP contribution is 2.33. The fourth-order valence-electron chi connectivity index (χ4n) is 6.37. The molecular formula is C55H61N3O17S2. The van der Waals surface area contributed by atoms with Crippen LogP contribution in [-0.4, -0.2) is 119 Å². The molecule has 0 bridgehead atoms. The molecule has 77 heavy (non-hydrogen) atoms. The average molecular weight is 1100 g/mol. The number of carbonyl (C=O) groups excluding carboxylic acids is 2. The number of ketones is 1. The van der Waals surface area contributed by atoms with Crippen molar-refractivity contribution in [3.8, 4) is 39.9 Å². The molecule has 0 aliphatic heterocycles. The van der Waals surface area contributed by atoms with Gasteiger partial charge in [-0.25, -0.2) is 13.3 Å². The van der Waals surface area contributed by atoms with Crippen molar-refractivity contribution in [2.45, 2.75) is 6.92 Å². The monoisotopic (exact) mass is 1100 g/mol. The fourth-order valence-corrected chi connectivity index (χ4v) is 6.62. The first-order valence-electron chi connectivity index (χ1n) is 22.7. The molecule has 0 aliphatic rings. The summed E-state index contributed by atoms with van der Waals surface area (Å²) >= 11 is 0. The summed E-state index contributed by atoms with van der Waals surface area (Å²) in [5, 5.41) is 30.1. The van der Waals surface area contributed by atoms with Gasteiger partial charge in [0.1, 0.15) is 28.9 Å². The number of anilines is 2. The van der Waals surface area contributed by atoms with Crippen LogP contribution < -0.4 is 25.1 Å². The lowest BCUT2D eigenvalue weighted by Crippen LogP contribution is -2.34. The molecule has 8 rings (SSSR count). The number of quaternary nitrogens is 1. The van der Waals surface area contributed by atoms with Gasteiger partial charge in [0.25, 0.3) is 10.1 Å². The normalized spacial score (nSPS) is 10.8. The van der Waals surface area contributed by atoms with Gasteiger partial charge < -0.3 is 38.5 Å². The Morgan fingerprint density at radius 1 is 0.610 bits per heavy atom. The van der Waals surface area contributed by atoms with Gasteiger partial charge in [-0.05, 0) is 116 Å². The van der Waals surface area contributed by atoms with Crippen LogP contribution in [0.3, 0.4) is 0 Å². The van der Waals surface area contributed by atoms with E-state index in [2.05, 4.69) is 34.5 Å². The zero-order valence-electron chi connectivity index (χ0n) is 44.1. The zero-order valence-corrected chi connectivity index (χ0v) is 45.8. The number of hydrogen-bond donors (Lipinski definition) is 3. The number of carbonyl (C=O) groups is 2. The Labute approximate surface area is 446 Å². The van der Waals surface area contributed by atoms with Crippen LogP contribution >= 0.6 is 0 Å². The molecule has 0 saturated carbocycles. The third-order valence-corrected chi connectivity index (χ3v) is 11.1. The van der Waals surface area contributed by atoms with Crippen molar-refractivity contribution >= 4 is 71.6 Å². The molecule has 8 aromatic rings. The number of fused-ring (bicyclic) bond motifs is 2. The van der Waals surface area contributed by atoms with Crippen LogP contribution in [0.15, 0.2) is 164 Å². The summed E-state index contributed by atoms with van der Waals surface area (Å²) < 4.78 is 66.6. The molecule has 0 unspecified atom stereocenters. The van der Waals surface area contributed by atoms with E-state index in [0.717, 1.165) is 49.4 Å². The average Bonchev–Trinajstić information content (AvgIpc) is 3.39. The highest BCUT2D eigenvalue weighted by Gasteiger charge is 2.18. The summed E-state index contributed by atoms with van der Waals surface area (Å²) in [4.78, 5) is 53.2. The highest BCUT2D eigenvalue weighted by molar-refractivity contribution is 7.85. The molecule has 2 aromatic heterocycles. The molecule has 2 heterocycles. The summed E-state index contributed by atoms with van der Waals surface area (Å²) in [6.45, 7) is 1.43. The van der Waals surface area contributed by atoms with E-state index < -0.39 is 31.4 Å². The maximum Gasteiger partial charge on any atom is 0.290 e.